The Morgan fingerprint density at radius 3 is 2.30 bits per heavy atom. The van der Waals surface area contributed by atoms with Crippen molar-refractivity contribution in [1.29, 1.82) is 0 Å². The second-order valence-corrected chi connectivity index (χ2v) is 8.81. The molecule has 0 aliphatic carbocycles. The Hall–Kier alpha value is -2.46. The van der Waals surface area contributed by atoms with Crippen LogP contribution in [0, 0.1) is 0 Å². The molecule has 0 aliphatic rings. The maximum Gasteiger partial charge on any atom is 0.417 e. The van der Waals surface area contributed by atoms with E-state index in [4.69, 9.17) is 16.3 Å². The number of carbonyl (C=O) groups excluding carboxylic acids is 1. The fourth-order valence-electron chi connectivity index (χ4n) is 2.68. The predicted octanol–water partition coefficient (Wildman–Crippen LogP) is 4.01. The highest BCUT2D eigenvalue weighted by Crippen LogP contribution is 2.37. The van der Waals surface area contributed by atoms with Crippen LogP contribution < -0.4 is 14.4 Å². The van der Waals surface area contributed by atoms with Gasteiger partial charge in [-0.2, -0.15) is 13.2 Å². The first-order valence-electron chi connectivity index (χ1n) is 8.60. The molecular weight excluding hydrogens is 445 g/mol. The number of anilines is 1. The van der Waals surface area contributed by atoms with Crippen LogP contribution in [0.1, 0.15) is 24.1 Å². The molecule has 1 amide bonds. The summed E-state index contributed by atoms with van der Waals surface area (Å²) in [6.07, 6.45) is -3.98. The molecule has 0 fully saturated rings. The highest BCUT2D eigenvalue weighted by molar-refractivity contribution is 7.92. The van der Waals surface area contributed by atoms with Gasteiger partial charge in [0, 0.05) is 0 Å². The standard InChI is InChI=1S/C19H20ClF3N2O4S/c1-12(13-4-7-15(29-2)8-5-13)24-18(26)11-25(30(3,27)28)14-6-9-17(20)16(10-14)19(21,22)23/h4-10,12H,11H2,1-3H3,(H,24,26)/t12-/m1/s1. The maximum absolute atomic E-state index is 13.1. The highest BCUT2D eigenvalue weighted by Gasteiger charge is 2.34. The number of nitrogens with one attached hydrogen (secondary N) is 1. The van der Waals surface area contributed by atoms with Gasteiger partial charge in [0.2, 0.25) is 15.9 Å². The van der Waals surface area contributed by atoms with Gasteiger partial charge in [-0.1, -0.05) is 23.7 Å². The minimum Gasteiger partial charge on any atom is -0.497 e. The van der Waals surface area contributed by atoms with E-state index in [2.05, 4.69) is 5.32 Å². The minimum absolute atomic E-state index is 0.318. The number of ether oxygens (including phenoxy) is 1. The largest absolute Gasteiger partial charge is 0.497 e. The molecule has 1 N–H and O–H groups in total. The summed E-state index contributed by atoms with van der Waals surface area (Å²) in [5.74, 6) is -0.0593. The number of nitrogens with zero attached hydrogens (tertiary/aromatic N) is 1. The lowest BCUT2D eigenvalue weighted by atomic mass is 10.1. The highest BCUT2D eigenvalue weighted by atomic mass is 35.5. The zero-order chi connectivity index (χ0) is 22.7. The molecule has 0 radical (unpaired) electrons. The van der Waals surface area contributed by atoms with Crippen LogP contribution in [0.4, 0.5) is 18.9 Å². The molecule has 0 bridgehead atoms. The molecule has 0 heterocycles. The predicted molar refractivity (Wildman–Crippen MR) is 108 cm³/mol. The molecule has 164 valence electrons. The van der Waals surface area contributed by atoms with Gasteiger partial charge in [0.1, 0.15) is 12.3 Å². The molecule has 2 aromatic carbocycles. The lowest BCUT2D eigenvalue weighted by molar-refractivity contribution is -0.137. The smallest absolute Gasteiger partial charge is 0.417 e. The zero-order valence-corrected chi connectivity index (χ0v) is 17.9. The third-order valence-corrected chi connectivity index (χ3v) is 5.69. The van der Waals surface area contributed by atoms with Gasteiger partial charge in [-0.3, -0.25) is 9.10 Å². The van der Waals surface area contributed by atoms with Crippen molar-refractivity contribution >= 4 is 33.2 Å². The number of rotatable bonds is 7. The molecule has 1 atom stereocenters. The van der Waals surface area contributed by atoms with E-state index in [1.165, 1.54) is 7.11 Å². The molecule has 0 saturated heterocycles. The number of carbonyl (C=O) groups is 1. The van der Waals surface area contributed by atoms with Crippen molar-refractivity contribution in [3.63, 3.8) is 0 Å². The first-order valence-corrected chi connectivity index (χ1v) is 10.8. The van der Waals surface area contributed by atoms with E-state index >= 15 is 0 Å². The lowest BCUT2D eigenvalue weighted by Crippen LogP contribution is -2.41. The van der Waals surface area contributed by atoms with Gasteiger partial charge in [-0.25, -0.2) is 8.42 Å². The van der Waals surface area contributed by atoms with Gasteiger partial charge in [-0.15, -0.1) is 0 Å². The summed E-state index contributed by atoms with van der Waals surface area (Å²) in [7, 11) is -2.54. The van der Waals surface area contributed by atoms with E-state index in [0.717, 1.165) is 24.0 Å². The Labute approximate surface area is 177 Å². The van der Waals surface area contributed by atoms with E-state index in [1.54, 1.807) is 31.2 Å². The Morgan fingerprint density at radius 2 is 1.80 bits per heavy atom. The van der Waals surface area contributed by atoms with Crippen LogP contribution in [-0.4, -0.2) is 34.2 Å². The minimum atomic E-state index is -4.78. The fraction of sp³-hybridized carbons (Fsp3) is 0.316. The lowest BCUT2D eigenvalue weighted by Gasteiger charge is -2.24. The molecule has 11 heteroatoms. The van der Waals surface area contributed by atoms with Crippen molar-refractivity contribution in [2.75, 3.05) is 24.2 Å². The van der Waals surface area contributed by atoms with Crippen LogP contribution in [-0.2, 0) is 21.0 Å². The summed E-state index contributed by atoms with van der Waals surface area (Å²) in [4.78, 5) is 12.4. The molecule has 2 rings (SSSR count). The second kappa shape index (κ2) is 9.13. The van der Waals surface area contributed by atoms with Crippen molar-refractivity contribution in [2.45, 2.75) is 19.1 Å². The second-order valence-electron chi connectivity index (χ2n) is 6.49. The summed E-state index contributed by atoms with van der Waals surface area (Å²) in [5.41, 5.74) is -0.773. The molecule has 2 aromatic rings. The van der Waals surface area contributed by atoms with Crippen LogP contribution in [0.2, 0.25) is 5.02 Å². The maximum atomic E-state index is 13.1. The van der Waals surface area contributed by atoms with Crippen molar-refractivity contribution in [1.82, 2.24) is 5.32 Å². The number of hydrogen-bond donors (Lipinski definition) is 1. The number of sulfonamides is 1. The van der Waals surface area contributed by atoms with Gasteiger partial charge in [0.05, 0.1) is 35.7 Å². The van der Waals surface area contributed by atoms with Crippen LogP contribution in [0.25, 0.3) is 0 Å². The average molecular weight is 465 g/mol. The normalized spacial score (nSPS) is 12.9. The Morgan fingerprint density at radius 1 is 1.20 bits per heavy atom. The Balaban J connectivity index is 2.24. The van der Waals surface area contributed by atoms with Crippen LogP contribution in [0.3, 0.4) is 0 Å². The van der Waals surface area contributed by atoms with E-state index in [9.17, 15) is 26.4 Å². The van der Waals surface area contributed by atoms with Crippen LogP contribution in [0.15, 0.2) is 42.5 Å². The number of methoxy groups -OCH3 is 1. The molecule has 30 heavy (non-hydrogen) atoms. The summed E-state index contributed by atoms with van der Waals surface area (Å²) in [5, 5.41) is 2.06. The van der Waals surface area contributed by atoms with E-state index in [1.807, 2.05) is 0 Å². The fourth-order valence-corrected chi connectivity index (χ4v) is 3.75. The van der Waals surface area contributed by atoms with E-state index < -0.39 is 45.3 Å². The van der Waals surface area contributed by atoms with Gasteiger partial charge in [0.15, 0.2) is 0 Å². The third kappa shape index (κ3) is 6.02. The molecule has 0 unspecified atom stereocenters. The van der Waals surface area contributed by atoms with Gasteiger partial charge < -0.3 is 10.1 Å². The van der Waals surface area contributed by atoms with Crippen molar-refractivity contribution in [3.8, 4) is 5.75 Å². The number of benzene rings is 2. The number of alkyl halides is 3. The number of halogens is 4. The van der Waals surface area contributed by atoms with Gasteiger partial charge in [0.25, 0.3) is 0 Å². The summed E-state index contributed by atoms with van der Waals surface area (Å²) in [6, 6.07) is 9.04. The zero-order valence-electron chi connectivity index (χ0n) is 16.3. The average Bonchev–Trinajstić information content (AvgIpc) is 2.65. The summed E-state index contributed by atoms with van der Waals surface area (Å²) >= 11 is 5.59. The van der Waals surface area contributed by atoms with Crippen molar-refractivity contribution in [2.24, 2.45) is 0 Å². The number of hydrogen-bond acceptors (Lipinski definition) is 4. The van der Waals surface area contributed by atoms with Gasteiger partial charge >= 0.3 is 6.18 Å². The van der Waals surface area contributed by atoms with Gasteiger partial charge in [-0.05, 0) is 42.8 Å². The quantitative estimate of drug-likeness (QED) is 0.671. The SMILES string of the molecule is COc1ccc([C@@H](C)NC(=O)CN(c2ccc(Cl)c(C(F)(F)F)c2)S(C)(=O)=O)cc1. The topological polar surface area (TPSA) is 75.7 Å². The molecular formula is C19H20ClF3N2O4S. The van der Waals surface area contributed by atoms with Crippen molar-refractivity contribution in [3.05, 3.63) is 58.6 Å². The third-order valence-electron chi connectivity index (χ3n) is 4.22. The molecule has 0 aliphatic heterocycles. The first kappa shape index (κ1) is 23.8. The Bertz CT molecular complexity index is 1010. The molecule has 0 spiro atoms. The first-order chi connectivity index (χ1) is 13.8. The summed E-state index contributed by atoms with van der Waals surface area (Å²) < 4.78 is 69.3. The van der Waals surface area contributed by atoms with Crippen molar-refractivity contribution < 1.29 is 31.1 Å². The molecule has 0 aromatic heterocycles. The Kier molecular flexibility index (Phi) is 7.25. The molecule has 0 saturated carbocycles. The van der Waals surface area contributed by atoms with Crippen LogP contribution >= 0.6 is 11.6 Å². The van der Waals surface area contributed by atoms with E-state index in [-0.39, 0.29) is 5.69 Å². The van der Waals surface area contributed by atoms with Crippen LogP contribution in [0.5, 0.6) is 5.75 Å². The monoisotopic (exact) mass is 464 g/mol. The molecule has 6 nitrogen and oxygen atoms in total. The summed E-state index contributed by atoms with van der Waals surface area (Å²) in [6.45, 7) is 0.993. The van der Waals surface area contributed by atoms with E-state index in [0.29, 0.717) is 16.1 Å². The number of amides is 1.